The maximum Gasteiger partial charge on any atom is 0.270 e. The van der Waals surface area contributed by atoms with Crippen molar-refractivity contribution in [3.8, 4) is 0 Å². The number of benzene rings is 1. The van der Waals surface area contributed by atoms with Crippen molar-refractivity contribution in [3.63, 3.8) is 0 Å². The summed E-state index contributed by atoms with van der Waals surface area (Å²) in [4.78, 5) is 19.8. The Balaban J connectivity index is 1.68. The van der Waals surface area contributed by atoms with Crippen LogP contribution in [0.25, 0.3) is 0 Å². The van der Waals surface area contributed by atoms with Crippen molar-refractivity contribution in [1.29, 1.82) is 0 Å². The van der Waals surface area contributed by atoms with Gasteiger partial charge in [0.05, 0.1) is 16.8 Å². The number of unbranched alkanes of at least 4 members (excludes halogenated alkanes) is 4. The number of rotatable bonds is 11. The van der Waals surface area contributed by atoms with Gasteiger partial charge in [0.1, 0.15) is 4.88 Å². The molecule has 3 rings (SSSR count). The molecule has 30 heavy (non-hydrogen) atoms. The third-order valence-electron chi connectivity index (χ3n) is 5.20. The van der Waals surface area contributed by atoms with E-state index in [-0.39, 0.29) is 11.7 Å². The third-order valence-corrected chi connectivity index (χ3v) is 7.95. The van der Waals surface area contributed by atoms with Gasteiger partial charge in [-0.25, -0.2) is 13.4 Å². The highest BCUT2D eigenvalue weighted by Gasteiger charge is 2.28. The van der Waals surface area contributed by atoms with Gasteiger partial charge in [-0.1, -0.05) is 43.9 Å². The Kier molecular flexibility index (Phi) is 7.85. The number of fused-ring (bicyclic) bond motifs is 1. The Morgan fingerprint density at radius 2 is 2.07 bits per heavy atom. The minimum atomic E-state index is -3.29. The summed E-state index contributed by atoms with van der Waals surface area (Å²) in [7, 11) is -3.29. The van der Waals surface area contributed by atoms with Gasteiger partial charge < -0.3 is 16.0 Å². The van der Waals surface area contributed by atoms with Crippen LogP contribution in [0.4, 0.5) is 10.8 Å². The molecular formula is C21H30N4O3S2. The first-order valence-corrected chi connectivity index (χ1v) is 13.0. The van der Waals surface area contributed by atoms with E-state index < -0.39 is 9.84 Å². The smallest absolute Gasteiger partial charge is 0.270 e. The lowest BCUT2D eigenvalue weighted by Gasteiger charge is -2.16. The van der Waals surface area contributed by atoms with Crippen molar-refractivity contribution in [1.82, 2.24) is 4.98 Å². The lowest BCUT2D eigenvalue weighted by atomic mass is 10.2. The maximum absolute atomic E-state index is 12.9. The van der Waals surface area contributed by atoms with E-state index in [0.717, 1.165) is 36.9 Å². The van der Waals surface area contributed by atoms with Crippen molar-refractivity contribution >= 4 is 37.9 Å². The molecule has 0 radical (unpaired) electrons. The van der Waals surface area contributed by atoms with Crippen LogP contribution < -0.4 is 16.0 Å². The number of aromatic nitrogens is 1. The van der Waals surface area contributed by atoms with Gasteiger partial charge in [-0.15, -0.1) is 0 Å². The fraction of sp³-hybridized carbons (Fsp3) is 0.524. The first-order chi connectivity index (χ1) is 14.5. The van der Waals surface area contributed by atoms with Crippen LogP contribution in [0.3, 0.4) is 0 Å². The van der Waals surface area contributed by atoms with Crippen LogP contribution in [-0.2, 0) is 16.3 Å². The summed E-state index contributed by atoms with van der Waals surface area (Å²) < 4.78 is 25.4. The molecule has 9 heteroatoms. The second-order valence-electron chi connectivity index (χ2n) is 7.48. The molecule has 0 bridgehead atoms. The number of hydrogen-bond acceptors (Lipinski definition) is 7. The SMILES string of the molecule is CCCCCCCS(=O)(=O)c1ccc2c(c1)CCN2C(=O)c1cnc(NCCN)s1. The molecule has 0 unspecified atom stereocenters. The van der Waals surface area contributed by atoms with Crippen LogP contribution in [0.15, 0.2) is 29.3 Å². The molecule has 0 spiro atoms. The molecule has 164 valence electrons. The second kappa shape index (κ2) is 10.4. The van der Waals surface area contributed by atoms with Crippen molar-refractivity contribution in [2.75, 3.05) is 35.6 Å². The lowest BCUT2D eigenvalue weighted by Crippen LogP contribution is -2.28. The number of carbonyl (C=O) groups excluding carboxylic acids is 1. The van der Waals surface area contributed by atoms with Gasteiger partial charge in [0.25, 0.3) is 5.91 Å². The number of amides is 1. The Bertz CT molecular complexity index is 972. The maximum atomic E-state index is 12.9. The molecule has 2 heterocycles. The first kappa shape index (κ1) is 22.7. The zero-order valence-corrected chi connectivity index (χ0v) is 19.0. The second-order valence-corrected chi connectivity index (χ2v) is 10.6. The van der Waals surface area contributed by atoms with Crippen molar-refractivity contribution in [3.05, 3.63) is 34.8 Å². The van der Waals surface area contributed by atoms with Crippen LogP contribution in [0.5, 0.6) is 0 Å². The highest BCUT2D eigenvalue weighted by molar-refractivity contribution is 7.91. The van der Waals surface area contributed by atoms with Gasteiger partial charge in [0, 0.05) is 25.3 Å². The van der Waals surface area contributed by atoms with Gasteiger partial charge in [0.15, 0.2) is 15.0 Å². The topological polar surface area (TPSA) is 105 Å². The fourth-order valence-corrected chi connectivity index (χ4v) is 5.77. The summed E-state index contributed by atoms with van der Waals surface area (Å²) >= 11 is 1.30. The molecule has 1 amide bonds. The average Bonchev–Trinajstić information content (AvgIpc) is 3.38. The van der Waals surface area contributed by atoms with E-state index in [2.05, 4.69) is 17.2 Å². The zero-order valence-electron chi connectivity index (χ0n) is 17.4. The monoisotopic (exact) mass is 450 g/mol. The summed E-state index contributed by atoms with van der Waals surface area (Å²) in [5.41, 5.74) is 7.17. The molecule has 0 atom stereocenters. The molecule has 7 nitrogen and oxygen atoms in total. The number of nitrogens with two attached hydrogens (primary N) is 1. The normalized spacial score (nSPS) is 13.5. The molecule has 1 aliphatic rings. The fourth-order valence-electron chi connectivity index (χ4n) is 3.56. The van der Waals surface area contributed by atoms with Gasteiger partial charge in [-0.3, -0.25) is 4.79 Å². The molecule has 1 aromatic carbocycles. The first-order valence-electron chi connectivity index (χ1n) is 10.5. The van der Waals surface area contributed by atoms with E-state index in [1.54, 1.807) is 29.3 Å². The minimum absolute atomic E-state index is 0.112. The predicted molar refractivity (Wildman–Crippen MR) is 122 cm³/mol. The molecule has 3 N–H and O–H groups in total. The average molecular weight is 451 g/mol. The van der Waals surface area contributed by atoms with Gasteiger partial charge in [-0.05, 0) is 36.6 Å². The van der Waals surface area contributed by atoms with Gasteiger partial charge in [-0.2, -0.15) is 0 Å². The lowest BCUT2D eigenvalue weighted by molar-refractivity contribution is 0.0993. The van der Waals surface area contributed by atoms with Crippen LogP contribution in [0.2, 0.25) is 0 Å². The highest BCUT2D eigenvalue weighted by atomic mass is 32.2. The van der Waals surface area contributed by atoms with E-state index in [1.165, 1.54) is 11.3 Å². The van der Waals surface area contributed by atoms with E-state index >= 15 is 0 Å². The molecule has 1 aromatic heterocycles. The third kappa shape index (κ3) is 5.39. The van der Waals surface area contributed by atoms with Crippen LogP contribution in [0, 0.1) is 0 Å². The van der Waals surface area contributed by atoms with Crippen molar-refractivity contribution in [2.45, 2.75) is 50.3 Å². The molecule has 0 aliphatic carbocycles. The number of nitrogens with one attached hydrogen (secondary N) is 1. The Morgan fingerprint density at radius 1 is 1.27 bits per heavy atom. The van der Waals surface area contributed by atoms with Crippen LogP contribution >= 0.6 is 11.3 Å². The quantitative estimate of drug-likeness (QED) is 0.508. The molecule has 0 saturated heterocycles. The Labute approximate surface area is 182 Å². The molecular weight excluding hydrogens is 420 g/mol. The van der Waals surface area contributed by atoms with Gasteiger partial charge >= 0.3 is 0 Å². The Morgan fingerprint density at radius 3 is 2.83 bits per heavy atom. The predicted octanol–water partition coefficient (Wildman–Crippen LogP) is 3.46. The number of nitrogens with zero attached hydrogens (tertiary/aromatic N) is 2. The van der Waals surface area contributed by atoms with Crippen molar-refractivity contribution in [2.24, 2.45) is 5.73 Å². The summed E-state index contributed by atoms with van der Waals surface area (Å²) in [5.74, 6) is 0.0657. The van der Waals surface area contributed by atoms with Crippen LogP contribution in [-0.4, -0.2) is 44.7 Å². The Hall–Kier alpha value is -1.97. The summed E-state index contributed by atoms with van der Waals surface area (Å²) in [6.07, 6.45) is 7.22. The van der Waals surface area contributed by atoms with E-state index in [0.29, 0.717) is 47.4 Å². The van der Waals surface area contributed by atoms with E-state index in [1.807, 2.05) is 0 Å². The number of anilines is 2. The number of thiazole rings is 1. The summed E-state index contributed by atoms with van der Waals surface area (Å²) in [6.45, 7) is 3.77. The highest BCUT2D eigenvalue weighted by Crippen LogP contribution is 2.33. The van der Waals surface area contributed by atoms with E-state index in [4.69, 9.17) is 5.73 Å². The largest absolute Gasteiger partial charge is 0.360 e. The molecule has 0 saturated carbocycles. The number of sulfone groups is 1. The van der Waals surface area contributed by atoms with Crippen LogP contribution in [0.1, 0.15) is 54.3 Å². The summed E-state index contributed by atoms with van der Waals surface area (Å²) in [6, 6.07) is 5.14. The summed E-state index contributed by atoms with van der Waals surface area (Å²) in [5, 5.41) is 3.75. The number of carbonyl (C=O) groups is 1. The number of hydrogen-bond donors (Lipinski definition) is 2. The minimum Gasteiger partial charge on any atom is -0.360 e. The zero-order chi connectivity index (χ0) is 21.6. The molecule has 2 aromatic rings. The standard InChI is InChI=1S/C21H30N4O3S2/c1-2-3-4-5-6-13-30(27,28)17-7-8-18-16(14-17)9-12-25(18)20(26)19-15-24-21(29-19)23-11-10-22/h7-8,14-15H,2-6,9-13,22H2,1H3,(H,23,24). The van der Waals surface area contributed by atoms with E-state index in [9.17, 15) is 13.2 Å². The molecule has 0 fully saturated rings. The van der Waals surface area contributed by atoms with Crippen molar-refractivity contribution < 1.29 is 13.2 Å². The molecule has 1 aliphatic heterocycles. The van der Waals surface area contributed by atoms with Gasteiger partial charge in [0.2, 0.25) is 0 Å².